The molecule has 10 heteroatoms. The Morgan fingerprint density at radius 3 is 2.77 bits per heavy atom. The molecular weight excluding hydrogens is 358 g/mol. The second-order valence-corrected chi connectivity index (χ2v) is 6.46. The minimum atomic E-state index is -0.542. The van der Waals surface area contributed by atoms with Gasteiger partial charge in [0.05, 0.1) is 10.2 Å². The number of amides is 1. The minimum Gasteiger partial charge on any atom is -0.411 e. The molecule has 1 aromatic carbocycles. The molecule has 3 aromatic rings. The number of non-ortho nitro benzene ring substituents is 1. The van der Waals surface area contributed by atoms with E-state index in [1.807, 2.05) is 0 Å². The summed E-state index contributed by atoms with van der Waals surface area (Å²) < 4.78 is 5.53. The van der Waals surface area contributed by atoms with Gasteiger partial charge in [0.1, 0.15) is 0 Å². The number of thioether (sulfide) groups is 1. The van der Waals surface area contributed by atoms with E-state index in [0.29, 0.717) is 11.6 Å². The van der Waals surface area contributed by atoms with E-state index in [0.717, 1.165) is 17.3 Å². The van der Waals surface area contributed by atoms with Crippen LogP contribution in [0.1, 0.15) is 6.92 Å². The first kappa shape index (κ1) is 17.5. The number of aromatic nitrogens is 3. The molecule has 9 nitrogen and oxygen atoms in total. The molecule has 0 saturated heterocycles. The summed E-state index contributed by atoms with van der Waals surface area (Å²) in [5.74, 6) is 0.000325. The molecule has 2 aromatic heterocycles. The molecule has 3 rings (SSSR count). The van der Waals surface area contributed by atoms with Crippen molar-refractivity contribution < 1.29 is 14.1 Å². The van der Waals surface area contributed by atoms with E-state index in [4.69, 9.17) is 4.42 Å². The quantitative estimate of drug-likeness (QED) is 0.398. The van der Waals surface area contributed by atoms with Gasteiger partial charge in [-0.1, -0.05) is 17.8 Å². The molecule has 0 aliphatic rings. The van der Waals surface area contributed by atoms with Gasteiger partial charge in [-0.15, -0.1) is 10.2 Å². The van der Waals surface area contributed by atoms with Crippen LogP contribution in [0.2, 0.25) is 0 Å². The number of nitro benzene ring substituents is 1. The summed E-state index contributed by atoms with van der Waals surface area (Å²) in [5.41, 5.74) is 0.981. The standard InChI is InChI=1S/C16H13N5O4S/c1-10(14(22)18-12-3-2-4-13(9-12)21(23)24)26-16-20-19-15(25-16)11-5-7-17-8-6-11/h2-10H,1H3,(H,18,22). The Hall–Kier alpha value is -3.27. The van der Waals surface area contributed by atoms with E-state index in [-0.39, 0.29) is 16.8 Å². The molecule has 0 spiro atoms. The predicted octanol–water partition coefficient (Wildman–Crippen LogP) is 3.16. The Labute approximate surface area is 152 Å². The van der Waals surface area contributed by atoms with Gasteiger partial charge in [0, 0.05) is 35.8 Å². The zero-order valence-corrected chi connectivity index (χ0v) is 14.3. The molecule has 0 fully saturated rings. The molecule has 0 radical (unpaired) electrons. The van der Waals surface area contributed by atoms with Crippen molar-refractivity contribution in [2.45, 2.75) is 17.4 Å². The second-order valence-electron chi connectivity index (χ2n) is 5.17. The Bertz CT molecular complexity index is 931. The fraction of sp³-hybridized carbons (Fsp3) is 0.125. The maximum absolute atomic E-state index is 12.3. The molecular formula is C16H13N5O4S. The lowest BCUT2D eigenvalue weighted by Gasteiger charge is -2.09. The third kappa shape index (κ3) is 4.22. The van der Waals surface area contributed by atoms with Gasteiger partial charge in [-0.05, 0) is 25.1 Å². The maximum atomic E-state index is 12.3. The summed E-state index contributed by atoms with van der Waals surface area (Å²) in [5, 5.41) is 21.0. The zero-order valence-electron chi connectivity index (χ0n) is 13.5. The molecule has 1 amide bonds. The molecule has 0 aliphatic heterocycles. The highest BCUT2D eigenvalue weighted by atomic mass is 32.2. The van der Waals surface area contributed by atoms with Crippen LogP contribution in [0.3, 0.4) is 0 Å². The summed E-state index contributed by atoms with van der Waals surface area (Å²) in [7, 11) is 0. The number of carbonyl (C=O) groups is 1. The Morgan fingerprint density at radius 2 is 2.04 bits per heavy atom. The SMILES string of the molecule is CC(Sc1nnc(-c2ccncc2)o1)C(=O)Nc1cccc([N+](=O)[O-])c1. The maximum Gasteiger partial charge on any atom is 0.277 e. The highest BCUT2D eigenvalue weighted by molar-refractivity contribution is 8.00. The first-order valence-corrected chi connectivity index (χ1v) is 8.37. The lowest BCUT2D eigenvalue weighted by Crippen LogP contribution is -2.22. The largest absolute Gasteiger partial charge is 0.411 e. The average molecular weight is 371 g/mol. The number of anilines is 1. The molecule has 0 aliphatic carbocycles. The number of nitrogens with one attached hydrogen (secondary N) is 1. The minimum absolute atomic E-state index is 0.0954. The smallest absolute Gasteiger partial charge is 0.277 e. The van der Waals surface area contributed by atoms with Crippen molar-refractivity contribution in [3.63, 3.8) is 0 Å². The fourth-order valence-corrected chi connectivity index (χ4v) is 2.70. The molecule has 26 heavy (non-hydrogen) atoms. The van der Waals surface area contributed by atoms with Crippen LogP contribution in [0.5, 0.6) is 0 Å². The predicted molar refractivity (Wildman–Crippen MR) is 94.6 cm³/mol. The summed E-state index contributed by atoms with van der Waals surface area (Å²) in [4.78, 5) is 26.5. The van der Waals surface area contributed by atoms with Crippen LogP contribution < -0.4 is 5.32 Å². The van der Waals surface area contributed by atoms with Gasteiger partial charge in [-0.2, -0.15) is 0 Å². The van der Waals surface area contributed by atoms with Gasteiger partial charge in [0.15, 0.2) is 0 Å². The second kappa shape index (κ2) is 7.74. The third-order valence-corrected chi connectivity index (χ3v) is 4.24. The van der Waals surface area contributed by atoms with Crippen LogP contribution >= 0.6 is 11.8 Å². The Kier molecular flexibility index (Phi) is 5.23. The van der Waals surface area contributed by atoms with E-state index in [1.165, 1.54) is 18.2 Å². The van der Waals surface area contributed by atoms with Crippen LogP contribution in [-0.2, 0) is 4.79 Å². The van der Waals surface area contributed by atoms with Crippen molar-refractivity contribution >= 4 is 29.0 Å². The van der Waals surface area contributed by atoms with E-state index >= 15 is 0 Å². The van der Waals surface area contributed by atoms with Crippen LogP contribution in [0, 0.1) is 10.1 Å². The fourth-order valence-electron chi connectivity index (χ4n) is 2.01. The lowest BCUT2D eigenvalue weighted by atomic mass is 10.2. The van der Waals surface area contributed by atoms with Crippen molar-refractivity contribution in [2.24, 2.45) is 0 Å². The van der Waals surface area contributed by atoms with E-state index in [9.17, 15) is 14.9 Å². The third-order valence-electron chi connectivity index (χ3n) is 3.31. The van der Waals surface area contributed by atoms with Crippen molar-refractivity contribution in [1.29, 1.82) is 0 Å². The van der Waals surface area contributed by atoms with Crippen molar-refractivity contribution in [3.05, 3.63) is 58.9 Å². The van der Waals surface area contributed by atoms with Gasteiger partial charge >= 0.3 is 0 Å². The number of benzene rings is 1. The first-order valence-electron chi connectivity index (χ1n) is 7.49. The highest BCUT2D eigenvalue weighted by Crippen LogP contribution is 2.26. The van der Waals surface area contributed by atoms with E-state index in [2.05, 4.69) is 20.5 Å². The van der Waals surface area contributed by atoms with Crippen LogP contribution in [0.15, 0.2) is 58.4 Å². The molecule has 1 atom stereocenters. The number of carbonyl (C=O) groups excluding carboxylic acids is 1. The van der Waals surface area contributed by atoms with Gasteiger partial charge in [0.25, 0.3) is 10.9 Å². The first-order chi connectivity index (χ1) is 12.5. The summed E-state index contributed by atoms with van der Waals surface area (Å²) >= 11 is 1.10. The normalized spacial score (nSPS) is 11.7. The van der Waals surface area contributed by atoms with Crippen molar-refractivity contribution in [1.82, 2.24) is 15.2 Å². The highest BCUT2D eigenvalue weighted by Gasteiger charge is 2.19. The number of rotatable bonds is 6. The van der Waals surface area contributed by atoms with Crippen molar-refractivity contribution in [2.75, 3.05) is 5.32 Å². The molecule has 2 heterocycles. The van der Waals surface area contributed by atoms with Crippen molar-refractivity contribution in [3.8, 4) is 11.5 Å². The monoisotopic (exact) mass is 371 g/mol. The molecule has 0 saturated carbocycles. The molecule has 1 unspecified atom stereocenters. The number of hydrogen-bond acceptors (Lipinski definition) is 8. The molecule has 1 N–H and O–H groups in total. The topological polar surface area (TPSA) is 124 Å². The Morgan fingerprint density at radius 1 is 1.27 bits per heavy atom. The van der Waals surface area contributed by atoms with E-state index in [1.54, 1.807) is 37.5 Å². The zero-order chi connectivity index (χ0) is 18.5. The lowest BCUT2D eigenvalue weighted by molar-refractivity contribution is -0.384. The van der Waals surface area contributed by atoms with Gasteiger partial charge in [0.2, 0.25) is 11.8 Å². The summed E-state index contributed by atoms with van der Waals surface area (Å²) in [6.07, 6.45) is 3.23. The Balaban J connectivity index is 1.64. The van der Waals surface area contributed by atoms with Gasteiger partial charge < -0.3 is 9.73 Å². The molecule has 0 bridgehead atoms. The average Bonchev–Trinajstić information content (AvgIpc) is 3.11. The summed E-state index contributed by atoms with van der Waals surface area (Å²) in [6, 6.07) is 9.21. The molecule has 132 valence electrons. The van der Waals surface area contributed by atoms with Gasteiger partial charge in [-0.3, -0.25) is 19.9 Å². The number of nitro groups is 1. The van der Waals surface area contributed by atoms with E-state index < -0.39 is 10.2 Å². The van der Waals surface area contributed by atoms with Crippen LogP contribution in [0.4, 0.5) is 11.4 Å². The number of hydrogen-bond donors (Lipinski definition) is 1. The number of nitrogens with zero attached hydrogens (tertiary/aromatic N) is 4. The summed E-state index contributed by atoms with van der Waals surface area (Å²) in [6.45, 7) is 1.67. The van der Waals surface area contributed by atoms with Crippen LogP contribution in [-0.4, -0.2) is 31.3 Å². The van der Waals surface area contributed by atoms with Crippen LogP contribution in [0.25, 0.3) is 11.5 Å². The van der Waals surface area contributed by atoms with Gasteiger partial charge in [-0.25, -0.2) is 0 Å². The number of pyridine rings is 1.